The molecule has 14 heavy (non-hydrogen) atoms. The van der Waals surface area contributed by atoms with E-state index in [0.717, 1.165) is 32.5 Å². The van der Waals surface area contributed by atoms with Crippen molar-refractivity contribution in [2.45, 2.75) is 46.1 Å². The molecule has 0 aromatic carbocycles. The zero-order valence-electron chi connectivity index (χ0n) is 9.55. The van der Waals surface area contributed by atoms with Crippen LogP contribution in [0.15, 0.2) is 0 Å². The SMILES string of the molecule is CCCC1NCN(CCC(C)C)C1=O. The van der Waals surface area contributed by atoms with E-state index in [0.29, 0.717) is 11.8 Å². The third-order valence-corrected chi connectivity index (χ3v) is 2.69. The molecule has 3 nitrogen and oxygen atoms in total. The van der Waals surface area contributed by atoms with Gasteiger partial charge in [0.25, 0.3) is 0 Å². The fourth-order valence-corrected chi connectivity index (χ4v) is 1.72. The second-order valence-corrected chi connectivity index (χ2v) is 4.49. The highest BCUT2D eigenvalue weighted by Crippen LogP contribution is 2.11. The highest BCUT2D eigenvalue weighted by Gasteiger charge is 2.29. The molecule has 82 valence electrons. The Hall–Kier alpha value is -0.570. The Balaban J connectivity index is 2.32. The molecular weight excluding hydrogens is 176 g/mol. The summed E-state index contributed by atoms with van der Waals surface area (Å²) in [4.78, 5) is 13.7. The van der Waals surface area contributed by atoms with Gasteiger partial charge < -0.3 is 4.90 Å². The molecule has 0 aliphatic carbocycles. The van der Waals surface area contributed by atoms with Gasteiger partial charge >= 0.3 is 0 Å². The maximum absolute atomic E-state index is 11.8. The van der Waals surface area contributed by atoms with Gasteiger partial charge in [0.05, 0.1) is 12.7 Å². The van der Waals surface area contributed by atoms with E-state index in [1.807, 2.05) is 4.90 Å². The quantitative estimate of drug-likeness (QED) is 0.727. The molecule has 0 spiro atoms. The molecule has 1 heterocycles. The van der Waals surface area contributed by atoms with Crippen LogP contribution in [0.25, 0.3) is 0 Å². The molecule has 0 aromatic rings. The van der Waals surface area contributed by atoms with Gasteiger partial charge in [-0.25, -0.2) is 0 Å². The molecule has 1 saturated heterocycles. The van der Waals surface area contributed by atoms with Crippen molar-refractivity contribution in [1.29, 1.82) is 0 Å². The van der Waals surface area contributed by atoms with E-state index in [9.17, 15) is 4.79 Å². The second-order valence-electron chi connectivity index (χ2n) is 4.49. The van der Waals surface area contributed by atoms with Crippen LogP contribution in [-0.4, -0.2) is 30.1 Å². The van der Waals surface area contributed by atoms with E-state index in [-0.39, 0.29) is 6.04 Å². The van der Waals surface area contributed by atoms with Crippen molar-refractivity contribution in [2.24, 2.45) is 5.92 Å². The summed E-state index contributed by atoms with van der Waals surface area (Å²) in [6.45, 7) is 8.15. The van der Waals surface area contributed by atoms with Gasteiger partial charge in [0.1, 0.15) is 0 Å². The maximum Gasteiger partial charge on any atom is 0.240 e. The van der Waals surface area contributed by atoms with Crippen LogP contribution >= 0.6 is 0 Å². The van der Waals surface area contributed by atoms with Gasteiger partial charge in [-0.3, -0.25) is 10.1 Å². The highest BCUT2D eigenvalue weighted by molar-refractivity contribution is 5.83. The number of hydrogen-bond acceptors (Lipinski definition) is 2. The number of hydrogen-bond donors (Lipinski definition) is 1. The van der Waals surface area contributed by atoms with Crippen LogP contribution in [0.4, 0.5) is 0 Å². The van der Waals surface area contributed by atoms with Crippen LogP contribution in [-0.2, 0) is 4.79 Å². The first-order valence-electron chi connectivity index (χ1n) is 5.67. The molecule has 1 rings (SSSR count). The minimum absolute atomic E-state index is 0.0900. The van der Waals surface area contributed by atoms with Gasteiger partial charge in [-0.1, -0.05) is 27.2 Å². The predicted octanol–water partition coefficient (Wildman–Crippen LogP) is 1.59. The lowest BCUT2D eigenvalue weighted by Crippen LogP contribution is -2.31. The summed E-state index contributed by atoms with van der Waals surface area (Å²) < 4.78 is 0. The molecule has 0 radical (unpaired) electrons. The zero-order chi connectivity index (χ0) is 10.6. The molecule has 3 heteroatoms. The molecular formula is C11H22N2O. The minimum atomic E-state index is 0.0900. The molecule has 1 unspecified atom stereocenters. The lowest BCUT2D eigenvalue weighted by Gasteiger charge is -2.16. The first-order valence-corrected chi connectivity index (χ1v) is 5.67. The summed E-state index contributed by atoms with van der Waals surface area (Å²) in [5.41, 5.74) is 0. The lowest BCUT2D eigenvalue weighted by atomic mass is 10.1. The molecule has 1 N–H and O–H groups in total. The predicted molar refractivity (Wildman–Crippen MR) is 57.9 cm³/mol. The number of amides is 1. The molecule has 1 amide bonds. The van der Waals surface area contributed by atoms with Crippen molar-refractivity contribution in [3.8, 4) is 0 Å². The third-order valence-electron chi connectivity index (χ3n) is 2.69. The van der Waals surface area contributed by atoms with Crippen molar-refractivity contribution in [2.75, 3.05) is 13.2 Å². The second kappa shape index (κ2) is 5.35. The van der Waals surface area contributed by atoms with Crippen molar-refractivity contribution >= 4 is 5.91 Å². The van der Waals surface area contributed by atoms with Crippen LogP contribution in [0.2, 0.25) is 0 Å². The molecule has 0 saturated carbocycles. The van der Waals surface area contributed by atoms with Crippen molar-refractivity contribution in [3.63, 3.8) is 0 Å². The van der Waals surface area contributed by atoms with Gasteiger partial charge in [-0.2, -0.15) is 0 Å². The molecule has 1 aliphatic rings. The average Bonchev–Trinajstić information content (AvgIpc) is 2.46. The zero-order valence-corrected chi connectivity index (χ0v) is 9.55. The van der Waals surface area contributed by atoms with Crippen LogP contribution in [0.3, 0.4) is 0 Å². The Morgan fingerprint density at radius 1 is 1.57 bits per heavy atom. The fourth-order valence-electron chi connectivity index (χ4n) is 1.72. The van der Waals surface area contributed by atoms with Gasteiger partial charge in [0.2, 0.25) is 5.91 Å². The van der Waals surface area contributed by atoms with E-state index >= 15 is 0 Å². The van der Waals surface area contributed by atoms with Crippen LogP contribution < -0.4 is 5.32 Å². The standard InChI is InChI=1S/C11H22N2O/c1-4-5-10-11(14)13(8-12-10)7-6-9(2)3/h9-10,12H,4-8H2,1-3H3. The smallest absolute Gasteiger partial charge is 0.240 e. The first-order chi connectivity index (χ1) is 6.65. The number of rotatable bonds is 5. The van der Waals surface area contributed by atoms with Crippen LogP contribution in [0, 0.1) is 5.92 Å². The van der Waals surface area contributed by atoms with Gasteiger partial charge in [0, 0.05) is 6.54 Å². The van der Waals surface area contributed by atoms with Crippen LogP contribution in [0.1, 0.15) is 40.0 Å². The Kier molecular flexibility index (Phi) is 4.39. The summed E-state index contributed by atoms with van der Waals surface area (Å²) in [6, 6.07) is 0.0900. The summed E-state index contributed by atoms with van der Waals surface area (Å²) >= 11 is 0. The van der Waals surface area contributed by atoms with E-state index < -0.39 is 0 Å². The summed E-state index contributed by atoms with van der Waals surface area (Å²) in [6.07, 6.45) is 3.14. The topological polar surface area (TPSA) is 32.3 Å². The largest absolute Gasteiger partial charge is 0.329 e. The van der Waals surface area contributed by atoms with Crippen molar-refractivity contribution in [1.82, 2.24) is 10.2 Å². The Bertz CT molecular complexity index is 192. The monoisotopic (exact) mass is 198 g/mol. The first kappa shape index (κ1) is 11.5. The Morgan fingerprint density at radius 2 is 2.29 bits per heavy atom. The average molecular weight is 198 g/mol. The van der Waals surface area contributed by atoms with E-state index in [2.05, 4.69) is 26.1 Å². The van der Waals surface area contributed by atoms with E-state index in [4.69, 9.17) is 0 Å². The third kappa shape index (κ3) is 2.98. The normalized spacial score (nSPS) is 22.4. The number of carbonyl (C=O) groups is 1. The molecule has 0 bridgehead atoms. The van der Waals surface area contributed by atoms with Crippen LogP contribution in [0.5, 0.6) is 0 Å². The maximum atomic E-state index is 11.8. The Morgan fingerprint density at radius 3 is 2.86 bits per heavy atom. The number of carbonyl (C=O) groups excluding carboxylic acids is 1. The minimum Gasteiger partial charge on any atom is -0.329 e. The van der Waals surface area contributed by atoms with Crippen molar-refractivity contribution < 1.29 is 4.79 Å². The van der Waals surface area contributed by atoms with E-state index in [1.54, 1.807) is 0 Å². The fraction of sp³-hybridized carbons (Fsp3) is 0.909. The summed E-state index contributed by atoms with van der Waals surface area (Å²) in [5, 5.41) is 3.26. The number of nitrogens with one attached hydrogen (secondary N) is 1. The Labute approximate surface area is 86.9 Å². The molecule has 1 atom stereocenters. The van der Waals surface area contributed by atoms with E-state index in [1.165, 1.54) is 0 Å². The van der Waals surface area contributed by atoms with Gasteiger partial charge in [0.15, 0.2) is 0 Å². The van der Waals surface area contributed by atoms with Crippen molar-refractivity contribution in [3.05, 3.63) is 0 Å². The van der Waals surface area contributed by atoms with Gasteiger partial charge in [-0.15, -0.1) is 0 Å². The van der Waals surface area contributed by atoms with Gasteiger partial charge in [-0.05, 0) is 18.8 Å². The summed E-state index contributed by atoms with van der Waals surface area (Å²) in [7, 11) is 0. The molecule has 0 aromatic heterocycles. The lowest BCUT2D eigenvalue weighted by molar-refractivity contribution is -0.129. The number of nitrogens with zero attached hydrogens (tertiary/aromatic N) is 1. The molecule has 1 aliphatic heterocycles. The molecule has 1 fully saturated rings. The highest BCUT2D eigenvalue weighted by atomic mass is 16.2. The summed E-state index contributed by atoms with van der Waals surface area (Å²) in [5.74, 6) is 0.973.